The maximum atomic E-state index is 14.0. The third kappa shape index (κ3) is 9.71. The Labute approximate surface area is 385 Å². The first-order valence-corrected chi connectivity index (χ1v) is 25.7. The number of piperidine rings is 1. The number of fused-ring (bicyclic) bond motifs is 1. The molecule has 1 amide bonds. The Kier molecular flexibility index (Phi) is 12.6. The topological polar surface area (TPSA) is 176 Å². The number of ether oxygens (including phenoxy) is 1. The number of hydrogen-bond donors (Lipinski definition) is 3. The summed E-state index contributed by atoms with van der Waals surface area (Å²) in [5.41, 5.74) is 4.54. The minimum atomic E-state index is -4.60. The molecule has 9 rings (SSSR count). The third-order valence-electron chi connectivity index (χ3n) is 14.5. The van der Waals surface area contributed by atoms with Crippen molar-refractivity contribution in [3.05, 3.63) is 106 Å². The van der Waals surface area contributed by atoms with Crippen LogP contribution >= 0.6 is 11.8 Å². The van der Waals surface area contributed by atoms with E-state index in [1.807, 2.05) is 12.1 Å². The summed E-state index contributed by atoms with van der Waals surface area (Å²) in [5, 5.41) is 16.1. The molecule has 2 aliphatic heterocycles. The molecule has 5 heterocycles. The molecule has 2 saturated carbocycles. The van der Waals surface area contributed by atoms with Crippen molar-refractivity contribution in [3.8, 4) is 11.5 Å². The van der Waals surface area contributed by atoms with Crippen molar-refractivity contribution < 1.29 is 22.9 Å². The summed E-state index contributed by atoms with van der Waals surface area (Å²) in [5.74, 6) is 2.67. The standard InChI is InChI=1S/C49H60N8O6S2/c1-32(2)39-7-5-6-8-40(39)43-31-64-22-21-56(43)36-26-49(27-36)16-19-55(20-17-49)35-9-10-41(44(24-35)63-37-23-34-13-18-50-45(34)52-29-37)47(58)54-65(61,62)38-25-42(57(59)60)46(53-30-38)51-28-33-11-14-48(3,4)15-12-33/h5-10,13,18,23-25,29-30,32-33,36,43H,11-12,14-17,19-22,26-28,31H2,1-4H3,(H,50,52)(H,51,53)(H,54,58)/t43-/m1/s1. The highest BCUT2D eigenvalue weighted by molar-refractivity contribution is 7.99. The van der Waals surface area contributed by atoms with Crippen molar-refractivity contribution in [2.24, 2.45) is 16.7 Å². The number of thioether (sulfide) groups is 1. The molecule has 0 unspecified atom stereocenters. The zero-order valence-electron chi connectivity index (χ0n) is 37.7. The lowest BCUT2D eigenvalue weighted by molar-refractivity contribution is -0.384. The van der Waals surface area contributed by atoms with Gasteiger partial charge in [-0.1, -0.05) is 52.0 Å². The first-order valence-electron chi connectivity index (χ1n) is 23.0. The van der Waals surface area contributed by atoms with Crippen LogP contribution in [0.5, 0.6) is 11.5 Å². The van der Waals surface area contributed by atoms with Crippen LogP contribution in [0.2, 0.25) is 0 Å². The lowest BCUT2D eigenvalue weighted by Gasteiger charge is -2.57. The average molecular weight is 921 g/mol. The van der Waals surface area contributed by atoms with Gasteiger partial charge in [-0.2, -0.15) is 11.8 Å². The maximum absolute atomic E-state index is 14.0. The van der Waals surface area contributed by atoms with Gasteiger partial charge in [0.1, 0.15) is 22.0 Å². The number of nitrogens with one attached hydrogen (secondary N) is 3. The van der Waals surface area contributed by atoms with Crippen molar-refractivity contribution in [1.82, 2.24) is 24.6 Å². The Morgan fingerprint density at radius 2 is 1.77 bits per heavy atom. The molecule has 3 aromatic heterocycles. The SMILES string of the molecule is CC(C)c1ccccc1[C@H]1CSCCN1C1CC2(CCN(c3ccc(C(=O)NS(=O)(=O)c4cnc(NCC5CCC(C)(C)CC5)c([N+](=O)[O-])c4)c(Oc4cnc5[nH]ccc5c4)c3)CC2)C1. The molecule has 4 aliphatic rings. The van der Waals surface area contributed by atoms with E-state index in [2.05, 4.69) is 98.5 Å². The van der Waals surface area contributed by atoms with Crippen LogP contribution in [0.15, 0.2) is 84.1 Å². The van der Waals surface area contributed by atoms with Crippen molar-refractivity contribution in [3.63, 3.8) is 0 Å². The molecule has 0 bridgehead atoms. The minimum absolute atomic E-state index is 0.0109. The lowest BCUT2D eigenvalue weighted by atomic mass is 9.59. The fourth-order valence-corrected chi connectivity index (χ4v) is 12.6. The number of aromatic amines is 1. The number of amides is 1. The smallest absolute Gasteiger partial charge is 0.312 e. The van der Waals surface area contributed by atoms with Crippen LogP contribution in [0.3, 0.4) is 0 Å². The van der Waals surface area contributed by atoms with Crippen molar-refractivity contribution in [2.75, 3.05) is 47.9 Å². The lowest BCUT2D eigenvalue weighted by Crippen LogP contribution is -2.57. The van der Waals surface area contributed by atoms with Gasteiger partial charge in [-0.05, 0) is 109 Å². The number of rotatable bonds is 13. The van der Waals surface area contributed by atoms with Crippen LogP contribution < -0.4 is 19.7 Å². The number of hydrogen-bond acceptors (Lipinski definition) is 12. The summed E-state index contributed by atoms with van der Waals surface area (Å²) in [4.78, 5) is 41.8. The zero-order chi connectivity index (χ0) is 45.5. The van der Waals surface area contributed by atoms with Gasteiger partial charge in [0.2, 0.25) is 5.82 Å². The molecule has 4 fully saturated rings. The van der Waals surface area contributed by atoms with E-state index in [-0.39, 0.29) is 22.5 Å². The largest absolute Gasteiger partial charge is 0.455 e. The molecular weight excluding hydrogens is 861 g/mol. The molecule has 344 valence electrons. The molecule has 65 heavy (non-hydrogen) atoms. The second-order valence-corrected chi connectivity index (χ2v) is 22.6. The van der Waals surface area contributed by atoms with Gasteiger partial charge in [0.15, 0.2) is 0 Å². The summed E-state index contributed by atoms with van der Waals surface area (Å²) >= 11 is 2.07. The van der Waals surface area contributed by atoms with Crippen molar-refractivity contribution in [1.29, 1.82) is 0 Å². The number of aromatic nitrogens is 3. The molecule has 2 aliphatic carbocycles. The predicted octanol–water partition coefficient (Wildman–Crippen LogP) is 10.1. The minimum Gasteiger partial charge on any atom is -0.455 e. The number of sulfonamides is 1. The molecule has 1 atom stereocenters. The first-order chi connectivity index (χ1) is 31.2. The second-order valence-electron chi connectivity index (χ2n) is 19.7. The Morgan fingerprint density at radius 1 is 1.00 bits per heavy atom. The van der Waals surface area contributed by atoms with E-state index in [0.717, 1.165) is 87.2 Å². The number of benzene rings is 2. The molecule has 3 N–H and O–H groups in total. The molecule has 5 aromatic rings. The van der Waals surface area contributed by atoms with E-state index < -0.39 is 31.4 Å². The van der Waals surface area contributed by atoms with Crippen LogP contribution in [0.1, 0.15) is 113 Å². The van der Waals surface area contributed by atoms with Gasteiger partial charge < -0.3 is 19.9 Å². The van der Waals surface area contributed by atoms with E-state index in [9.17, 15) is 23.3 Å². The monoisotopic (exact) mass is 920 g/mol. The summed E-state index contributed by atoms with van der Waals surface area (Å²) < 4.78 is 36.0. The van der Waals surface area contributed by atoms with E-state index in [4.69, 9.17) is 4.74 Å². The highest BCUT2D eigenvalue weighted by Gasteiger charge is 2.49. The number of nitrogens with zero attached hydrogens (tertiary/aromatic N) is 5. The number of anilines is 2. The van der Waals surface area contributed by atoms with E-state index >= 15 is 0 Å². The number of pyridine rings is 2. The molecule has 2 saturated heterocycles. The summed E-state index contributed by atoms with van der Waals surface area (Å²) in [6.07, 6.45) is 13.0. The van der Waals surface area contributed by atoms with Crippen LogP contribution in [0.4, 0.5) is 17.2 Å². The van der Waals surface area contributed by atoms with Gasteiger partial charge in [-0.15, -0.1) is 0 Å². The number of carbonyl (C=O) groups is 1. The van der Waals surface area contributed by atoms with Crippen LogP contribution in [-0.2, 0) is 10.0 Å². The maximum Gasteiger partial charge on any atom is 0.312 e. The molecule has 16 heteroatoms. The molecule has 14 nitrogen and oxygen atoms in total. The number of H-pyrrole nitrogens is 1. The average Bonchev–Trinajstić information content (AvgIpc) is 3.76. The van der Waals surface area contributed by atoms with Crippen molar-refractivity contribution in [2.45, 2.75) is 102 Å². The van der Waals surface area contributed by atoms with Gasteiger partial charge in [0, 0.05) is 79.2 Å². The van der Waals surface area contributed by atoms with Gasteiger partial charge >= 0.3 is 5.69 Å². The Balaban J connectivity index is 0.898. The number of nitro groups is 1. The van der Waals surface area contributed by atoms with E-state index in [1.54, 1.807) is 30.6 Å². The summed E-state index contributed by atoms with van der Waals surface area (Å²) in [6, 6.07) is 19.8. The van der Waals surface area contributed by atoms with E-state index in [0.29, 0.717) is 47.3 Å². The Bertz CT molecular complexity index is 2660. The predicted molar refractivity (Wildman–Crippen MR) is 257 cm³/mol. The summed E-state index contributed by atoms with van der Waals surface area (Å²) in [7, 11) is -4.60. The zero-order valence-corrected chi connectivity index (χ0v) is 39.3. The fraction of sp³-hybridized carbons (Fsp3) is 0.490. The van der Waals surface area contributed by atoms with Crippen LogP contribution in [0.25, 0.3) is 11.0 Å². The normalized spacial score (nSPS) is 20.4. The van der Waals surface area contributed by atoms with Crippen LogP contribution in [0, 0.1) is 26.9 Å². The highest BCUT2D eigenvalue weighted by Crippen LogP contribution is 2.54. The van der Waals surface area contributed by atoms with Crippen molar-refractivity contribution >= 4 is 55.9 Å². The fourth-order valence-electron chi connectivity index (χ4n) is 10.6. The third-order valence-corrected chi connectivity index (χ3v) is 16.9. The van der Waals surface area contributed by atoms with Gasteiger partial charge in [-0.3, -0.25) is 19.8 Å². The molecule has 1 spiro atoms. The highest BCUT2D eigenvalue weighted by atomic mass is 32.2. The molecular formula is C49H60N8O6S2. The number of carbonyl (C=O) groups excluding carboxylic acids is 1. The quantitative estimate of drug-likeness (QED) is 0.0754. The van der Waals surface area contributed by atoms with Crippen LogP contribution in [-0.4, -0.2) is 82.8 Å². The Morgan fingerprint density at radius 3 is 2.52 bits per heavy atom. The molecule has 2 aromatic carbocycles. The van der Waals surface area contributed by atoms with E-state index in [1.165, 1.54) is 29.7 Å². The summed E-state index contributed by atoms with van der Waals surface area (Å²) in [6.45, 7) is 12.4. The van der Waals surface area contributed by atoms with Gasteiger partial charge in [0.05, 0.1) is 22.9 Å². The Hall–Kier alpha value is -5.19. The second kappa shape index (κ2) is 18.2. The van der Waals surface area contributed by atoms with Gasteiger partial charge in [0.25, 0.3) is 15.9 Å². The first kappa shape index (κ1) is 45.0. The van der Waals surface area contributed by atoms with Gasteiger partial charge in [-0.25, -0.2) is 23.1 Å². The molecule has 0 radical (unpaired) electrons.